The molecule has 2 atom stereocenters. The van der Waals surface area contributed by atoms with Crippen LogP contribution in [0, 0.1) is 6.92 Å². The van der Waals surface area contributed by atoms with E-state index in [0.29, 0.717) is 18.5 Å². The Labute approximate surface area is 183 Å². The Morgan fingerprint density at radius 1 is 1.03 bits per heavy atom. The predicted octanol–water partition coefficient (Wildman–Crippen LogP) is 3.56. The molecule has 1 fully saturated rings. The molecule has 1 saturated heterocycles. The van der Waals surface area contributed by atoms with Gasteiger partial charge in [0.2, 0.25) is 5.91 Å². The molecule has 3 aromatic rings. The van der Waals surface area contributed by atoms with Gasteiger partial charge >= 0.3 is 0 Å². The van der Waals surface area contributed by atoms with Crippen LogP contribution >= 0.6 is 0 Å². The monoisotopic (exact) mass is 440 g/mol. The highest BCUT2D eigenvalue weighted by Crippen LogP contribution is 2.28. The van der Waals surface area contributed by atoms with Crippen LogP contribution < -0.4 is 0 Å². The molecule has 0 spiro atoms. The average Bonchev–Trinajstić information content (AvgIpc) is 3.08. The van der Waals surface area contributed by atoms with Crippen molar-refractivity contribution in [2.45, 2.75) is 50.2 Å². The zero-order valence-corrected chi connectivity index (χ0v) is 18.9. The Balaban J connectivity index is 1.64. The highest BCUT2D eigenvalue weighted by Gasteiger charge is 2.27. The summed E-state index contributed by atoms with van der Waals surface area (Å²) in [7, 11) is -3.58. The molecule has 7 heteroatoms. The number of hydrogen-bond donors (Lipinski definition) is 0. The smallest absolute Gasteiger partial charge is 0.242 e. The number of para-hydroxylation sites is 1. The predicted molar refractivity (Wildman–Crippen MR) is 121 cm³/mol. The van der Waals surface area contributed by atoms with Crippen LogP contribution in [0.25, 0.3) is 10.9 Å². The number of nitrogens with zero attached hydrogens (tertiary/aromatic N) is 2. The Hall–Kier alpha value is -2.64. The fourth-order valence-corrected chi connectivity index (χ4v) is 5.78. The van der Waals surface area contributed by atoms with Crippen molar-refractivity contribution in [2.24, 2.45) is 0 Å². The van der Waals surface area contributed by atoms with Gasteiger partial charge in [-0.25, -0.2) is 8.42 Å². The summed E-state index contributed by atoms with van der Waals surface area (Å²) in [6, 6.07) is 14.9. The zero-order chi connectivity index (χ0) is 22.2. The summed E-state index contributed by atoms with van der Waals surface area (Å²) < 4.78 is 34.0. The van der Waals surface area contributed by atoms with Crippen LogP contribution in [0.15, 0.2) is 59.6 Å². The van der Waals surface area contributed by atoms with Crippen molar-refractivity contribution in [2.75, 3.05) is 13.1 Å². The van der Waals surface area contributed by atoms with E-state index in [1.54, 1.807) is 21.7 Å². The maximum Gasteiger partial charge on any atom is 0.242 e. The van der Waals surface area contributed by atoms with Gasteiger partial charge in [-0.3, -0.25) is 4.79 Å². The lowest BCUT2D eigenvalue weighted by Gasteiger charge is -2.35. The Bertz CT molecular complexity index is 1190. The van der Waals surface area contributed by atoms with Crippen LogP contribution in [-0.2, 0) is 31.7 Å². The SMILES string of the molecule is Cc1ccc(CS(=O)(=O)c2cn(CC(=O)N3CC(C)OC(C)C3)c3ccccc23)cc1. The fraction of sp³-hybridized carbons (Fsp3) is 0.375. The molecular formula is C24H28N2O4S. The van der Waals surface area contributed by atoms with Gasteiger partial charge in [0, 0.05) is 30.2 Å². The minimum absolute atomic E-state index is 0.0143. The molecule has 0 radical (unpaired) electrons. The van der Waals surface area contributed by atoms with Crippen molar-refractivity contribution >= 4 is 26.6 Å². The highest BCUT2D eigenvalue weighted by atomic mass is 32.2. The van der Waals surface area contributed by atoms with Crippen LogP contribution in [0.3, 0.4) is 0 Å². The summed E-state index contributed by atoms with van der Waals surface area (Å²) in [5, 5.41) is 0.645. The van der Waals surface area contributed by atoms with Gasteiger partial charge in [-0.05, 0) is 32.4 Å². The molecule has 164 valence electrons. The minimum Gasteiger partial charge on any atom is -0.372 e. The second kappa shape index (κ2) is 8.48. The Kier molecular flexibility index (Phi) is 5.90. The van der Waals surface area contributed by atoms with Gasteiger partial charge in [-0.15, -0.1) is 0 Å². The number of benzene rings is 2. The number of carbonyl (C=O) groups is 1. The minimum atomic E-state index is -3.58. The third-order valence-electron chi connectivity index (χ3n) is 5.64. The van der Waals surface area contributed by atoms with Crippen LogP contribution in [0.2, 0.25) is 0 Å². The van der Waals surface area contributed by atoms with E-state index >= 15 is 0 Å². The van der Waals surface area contributed by atoms with Crippen molar-refractivity contribution in [3.8, 4) is 0 Å². The number of rotatable bonds is 5. The number of fused-ring (bicyclic) bond motifs is 1. The third kappa shape index (κ3) is 4.67. The van der Waals surface area contributed by atoms with Crippen molar-refractivity contribution < 1.29 is 17.9 Å². The molecule has 1 aromatic heterocycles. The topological polar surface area (TPSA) is 68.6 Å². The maximum atomic E-state index is 13.3. The molecule has 1 amide bonds. The van der Waals surface area contributed by atoms with Crippen LogP contribution in [0.5, 0.6) is 0 Å². The first-order valence-corrected chi connectivity index (χ1v) is 12.2. The number of amides is 1. The van der Waals surface area contributed by atoms with Crippen molar-refractivity contribution in [1.29, 1.82) is 0 Å². The first-order valence-electron chi connectivity index (χ1n) is 10.5. The first kappa shape index (κ1) is 21.6. The lowest BCUT2D eigenvalue weighted by Crippen LogP contribution is -2.49. The lowest BCUT2D eigenvalue weighted by atomic mass is 10.2. The van der Waals surface area contributed by atoms with E-state index in [2.05, 4.69) is 0 Å². The van der Waals surface area contributed by atoms with Gasteiger partial charge < -0.3 is 14.2 Å². The van der Waals surface area contributed by atoms with Crippen molar-refractivity contribution in [1.82, 2.24) is 9.47 Å². The molecule has 0 saturated carbocycles. The molecule has 1 aliphatic rings. The molecule has 2 aromatic carbocycles. The molecule has 1 aliphatic heterocycles. The number of sulfone groups is 1. The highest BCUT2D eigenvalue weighted by molar-refractivity contribution is 7.90. The molecule has 0 aliphatic carbocycles. The van der Waals surface area contributed by atoms with Gasteiger partial charge in [0.1, 0.15) is 6.54 Å². The van der Waals surface area contributed by atoms with Crippen LogP contribution in [-0.4, -0.2) is 49.1 Å². The van der Waals surface area contributed by atoms with E-state index in [1.807, 2.05) is 63.2 Å². The van der Waals surface area contributed by atoms with Gasteiger partial charge in [0.05, 0.1) is 22.9 Å². The Morgan fingerprint density at radius 2 is 1.68 bits per heavy atom. The van der Waals surface area contributed by atoms with Gasteiger partial charge in [-0.2, -0.15) is 0 Å². The first-order chi connectivity index (χ1) is 14.7. The molecule has 0 N–H and O–H groups in total. The van der Waals surface area contributed by atoms with E-state index in [-0.39, 0.29) is 35.3 Å². The fourth-order valence-electron chi connectivity index (χ4n) is 4.20. The molecule has 4 rings (SSSR count). The molecule has 0 bridgehead atoms. The second-order valence-corrected chi connectivity index (χ2v) is 10.4. The molecule has 2 heterocycles. The van der Waals surface area contributed by atoms with E-state index in [4.69, 9.17) is 4.74 Å². The zero-order valence-electron chi connectivity index (χ0n) is 18.1. The standard InChI is InChI=1S/C24H28N2O4S/c1-17-8-10-20(11-9-17)16-31(28,29)23-14-25(22-7-5-4-6-21(22)23)15-24(27)26-12-18(2)30-19(3)13-26/h4-11,14,18-19H,12-13,15-16H2,1-3H3. The molecule has 31 heavy (non-hydrogen) atoms. The number of carbonyl (C=O) groups excluding carboxylic acids is 1. The molecule has 6 nitrogen and oxygen atoms in total. The van der Waals surface area contributed by atoms with Crippen LogP contribution in [0.4, 0.5) is 0 Å². The normalized spacial score (nSPS) is 19.6. The van der Waals surface area contributed by atoms with E-state index in [9.17, 15) is 13.2 Å². The summed E-state index contributed by atoms with van der Waals surface area (Å²) in [4.78, 5) is 15.0. The van der Waals surface area contributed by atoms with Gasteiger partial charge in [-0.1, -0.05) is 48.0 Å². The van der Waals surface area contributed by atoms with E-state index in [1.165, 1.54) is 0 Å². The van der Waals surface area contributed by atoms with Crippen LogP contribution in [0.1, 0.15) is 25.0 Å². The third-order valence-corrected chi connectivity index (χ3v) is 7.35. The summed E-state index contributed by atoms with van der Waals surface area (Å²) >= 11 is 0. The van der Waals surface area contributed by atoms with E-state index < -0.39 is 9.84 Å². The summed E-state index contributed by atoms with van der Waals surface area (Å²) in [5.74, 6) is -0.112. The largest absolute Gasteiger partial charge is 0.372 e. The molecule has 2 unspecified atom stereocenters. The lowest BCUT2D eigenvalue weighted by molar-refractivity contribution is -0.143. The second-order valence-electron chi connectivity index (χ2n) is 8.44. The quantitative estimate of drug-likeness (QED) is 0.608. The summed E-state index contributed by atoms with van der Waals surface area (Å²) in [6.07, 6.45) is 1.58. The number of aryl methyl sites for hydroxylation is 1. The van der Waals surface area contributed by atoms with Gasteiger partial charge in [0.15, 0.2) is 9.84 Å². The average molecular weight is 441 g/mol. The maximum absolute atomic E-state index is 13.3. The summed E-state index contributed by atoms with van der Waals surface area (Å²) in [5.41, 5.74) is 2.57. The van der Waals surface area contributed by atoms with E-state index in [0.717, 1.165) is 16.6 Å². The number of ether oxygens (including phenoxy) is 1. The van der Waals surface area contributed by atoms with Gasteiger partial charge in [0.25, 0.3) is 0 Å². The number of morpholine rings is 1. The number of aromatic nitrogens is 1. The van der Waals surface area contributed by atoms with Crippen molar-refractivity contribution in [3.05, 3.63) is 65.9 Å². The number of hydrogen-bond acceptors (Lipinski definition) is 4. The summed E-state index contributed by atoms with van der Waals surface area (Å²) in [6.45, 7) is 7.06. The molecular weight excluding hydrogens is 412 g/mol. The van der Waals surface area contributed by atoms with Crippen molar-refractivity contribution in [3.63, 3.8) is 0 Å². The Morgan fingerprint density at radius 3 is 2.35 bits per heavy atom.